The molecule has 1 aliphatic heterocycles. The van der Waals surface area contributed by atoms with Crippen molar-refractivity contribution >= 4 is 68.8 Å². The normalized spacial score (nSPS) is 13.3. The van der Waals surface area contributed by atoms with Crippen LogP contribution in [0.2, 0.25) is 5.02 Å². The van der Waals surface area contributed by atoms with Crippen molar-refractivity contribution in [2.75, 3.05) is 15.5 Å². The summed E-state index contributed by atoms with van der Waals surface area (Å²) in [6.07, 6.45) is 0. The van der Waals surface area contributed by atoms with Gasteiger partial charge < -0.3 is 5.32 Å². The number of hydrogen-bond donors (Lipinski definition) is 2. The fraction of sp³-hybridized carbons (Fsp3) is 0.0714. The highest BCUT2D eigenvalue weighted by Crippen LogP contribution is 2.33. The first-order chi connectivity index (χ1) is 18.2. The van der Waals surface area contributed by atoms with E-state index in [-0.39, 0.29) is 16.6 Å². The third-order valence-corrected chi connectivity index (χ3v) is 7.46. The number of carbonyl (C=O) groups is 3. The number of rotatable bonds is 6. The molecule has 0 saturated carbocycles. The number of nitrogens with one attached hydrogen (secondary N) is 2. The monoisotopic (exact) mass is 562 g/mol. The molecule has 0 aliphatic carbocycles. The Hall–Kier alpha value is -3.98. The van der Waals surface area contributed by atoms with Crippen LogP contribution in [0.1, 0.15) is 21.5 Å². The highest BCUT2D eigenvalue weighted by Gasteiger charge is 2.39. The summed E-state index contributed by atoms with van der Waals surface area (Å²) in [5.41, 5.74) is 4.53. The van der Waals surface area contributed by atoms with Gasteiger partial charge >= 0.3 is 0 Å². The van der Waals surface area contributed by atoms with Crippen LogP contribution in [0.5, 0.6) is 0 Å². The second kappa shape index (κ2) is 10.4. The quantitative estimate of drug-likeness (QED) is 0.253. The van der Waals surface area contributed by atoms with Crippen molar-refractivity contribution in [3.05, 3.63) is 105 Å². The predicted molar refractivity (Wildman–Crippen MR) is 152 cm³/mol. The number of thiazole rings is 1. The third-order valence-electron chi connectivity index (χ3n) is 6.10. The second-order valence-corrected chi connectivity index (χ2v) is 10.2. The van der Waals surface area contributed by atoms with Crippen LogP contribution in [0.3, 0.4) is 0 Å². The van der Waals surface area contributed by atoms with Gasteiger partial charge in [-0.05, 0) is 61.4 Å². The van der Waals surface area contributed by atoms with Crippen LogP contribution in [-0.2, 0) is 9.59 Å². The summed E-state index contributed by atoms with van der Waals surface area (Å²) >= 11 is 13.5. The first-order valence-electron chi connectivity index (χ1n) is 11.5. The lowest BCUT2D eigenvalue weighted by Gasteiger charge is -2.18. The minimum Gasteiger partial charge on any atom is -0.350 e. The molecule has 3 amide bonds. The van der Waals surface area contributed by atoms with Gasteiger partial charge in [0, 0.05) is 27.2 Å². The molecule has 0 bridgehead atoms. The number of anilines is 3. The Labute approximate surface area is 232 Å². The molecule has 0 atom stereocenters. The highest BCUT2D eigenvalue weighted by molar-refractivity contribution is 7.14. The van der Waals surface area contributed by atoms with Gasteiger partial charge in [0.05, 0.1) is 11.4 Å². The highest BCUT2D eigenvalue weighted by atomic mass is 35.5. The number of nitrogens with zero attached hydrogens (tertiary/aromatic N) is 2. The summed E-state index contributed by atoms with van der Waals surface area (Å²) in [5, 5.41) is 8.41. The number of hydrogen-bond acceptors (Lipinski definition) is 6. The number of aryl methyl sites for hydroxylation is 1. The van der Waals surface area contributed by atoms with E-state index in [9.17, 15) is 14.4 Å². The number of amides is 3. The molecule has 0 radical (unpaired) electrons. The largest absolute Gasteiger partial charge is 0.350 e. The van der Waals surface area contributed by atoms with Crippen LogP contribution in [0.15, 0.2) is 82.8 Å². The molecule has 2 heterocycles. The van der Waals surface area contributed by atoms with Crippen molar-refractivity contribution in [2.24, 2.45) is 0 Å². The zero-order chi connectivity index (χ0) is 27.0. The van der Waals surface area contributed by atoms with Crippen molar-refractivity contribution in [3.63, 3.8) is 0 Å². The number of carbonyl (C=O) groups excluding carboxylic acids is 3. The molecule has 38 heavy (non-hydrogen) atoms. The fourth-order valence-corrected chi connectivity index (χ4v) is 5.00. The molecule has 10 heteroatoms. The minimum atomic E-state index is -0.609. The lowest BCUT2D eigenvalue weighted by atomic mass is 10.1. The van der Waals surface area contributed by atoms with Gasteiger partial charge in [-0.1, -0.05) is 53.5 Å². The van der Waals surface area contributed by atoms with Gasteiger partial charge in [0.15, 0.2) is 5.13 Å². The second-order valence-electron chi connectivity index (χ2n) is 8.56. The van der Waals surface area contributed by atoms with Gasteiger partial charge in [-0.3, -0.25) is 19.7 Å². The number of imide groups is 1. The number of benzene rings is 3. The SMILES string of the molecule is Cc1cccc(N2C(=O)C(Cl)=C(Nc3cccc(C(=O)Nc4nc(-c5ccc(Cl)cc5)cs4)c3)C2=O)c1C. The summed E-state index contributed by atoms with van der Waals surface area (Å²) < 4.78 is 0. The lowest BCUT2D eigenvalue weighted by molar-refractivity contribution is -0.120. The van der Waals surface area contributed by atoms with E-state index in [4.69, 9.17) is 23.2 Å². The van der Waals surface area contributed by atoms with Crippen molar-refractivity contribution < 1.29 is 14.4 Å². The number of halogens is 2. The van der Waals surface area contributed by atoms with Crippen LogP contribution in [0.4, 0.5) is 16.5 Å². The molecule has 0 spiro atoms. The molecule has 7 nitrogen and oxygen atoms in total. The van der Waals surface area contributed by atoms with Crippen LogP contribution in [-0.4, -0.2) is 22.7 Å². The summed E-state index contributed by atoms with van der Waals surface area (Å²) in [4.78, 5) is 44.5. The van der Waals surface area contributed by atoms with E-state index in [1.165, 1.54) is 11.3 Å². The number of aromatic nitrogens is 1. The fourth-order valence-electron chi connectivity index (χ4n) is 3.94. The Morgan fingerprint density at radius 1 is 0.947 bits per heavy atom. The van der Waals surface area contributed by atoms with Gasteiger partial charge in [-0.15, -0.1) is 11.3 Å². The molecule has 4 aromatic rings. The standard InChI is InChI=1S/C28H20Cl2N4O3S/c1-15-5-3-8-22(16(15)2)34-26(36)23(30)24(27(34)37)31-20-7-4-6-18(13-20)25(35)33-28-32-21(14-38-28)17-9-11-19(29)12-10-17/h3-14,31H,1-2H3,(H,32,33,35). The van der Waals surface area contributed by atoms with Gasteiger partial charge in [-0.2, -0.15) is 0 Å². The lowest BCUT2D eigenvalue weighted by Crippen LogP contribution is -2.33. The summed E-state index contributed by atoms with van der Waals surface area (Å²) in [7, 11) is 0. The summed E-state index contributed by atoms with van der Waals surface area (Å²) in [6, 6.07) is 19.2. The van der Waals surface area contributed by atoms with E-state index >= 15 is 0 Å². The molecule has 1 aromatic heterocycles. The Bertz CT molecular complexity index is 1630. The Balaban J connectivity index is 1.32. The molecule has 0 saturated heterocycles. The van der Waals surface area contributed by atoms with Gasteiger partial charge in [0.25, 0.3) is 17.7 Å². The van der Waals surface area contributed by atoms with Crippen molar-refractivity contribution in [2.45, 2.75) is 13.8 Å². The topological polar surface area (TPSA) is 91.4 Å². The molecule has 190 valence electrons. The first-order valence-corrected chi connectivity index (χ1v) is 13.1. The van der Waals surface area contributed by atoms with E-state index in [1.807, 2.05) is 37.4 Å². The average Bonchev–Trinajstić information content (AvgIpc) is 3.45. The molecule has 0 unspecified atom stereocenters. The van der Waals surface area contributed by atoms with Crippen LogP contribution in [0.25, 0.3) is 11.3 Å². The summed E-state index contributed by atoms with van der Waals surface area (Å²) in [6.45, 7) is 3.74. The molecular formula is C28H20Cl2N4O3S. The maximum absolute atomic E-state index is 13.2. The summed E-state index contributed by atoms with van der Waals surface area (Å²) in [5.74, 6) is -1.56. The first kappa shape index (κ1) is 25.7. The average molecular weight is 563 g/mol. The van der Waals surface area contributed by atoms with Crippen molar-refractivity contribution in [1.29, 1.82) is 0 Å². The Morgan fingerprint density at radius 2 is 1.68 bits per heavy atom. The van der Waals surface area contributed by atoms with Crippen LogP contribution >= 0.6 is 34.5 Å². The van der Waals surface area contributed by atoms with E-state index in [0.717, 1.165) is 27.3 Å². The Kier molecular flexibility index (Phi) is 7.03. The van der Waals surface area contributed by atoms with Gasteiger partial charge in [0.1, 0.15) is 10.7 Å². The van der Waals surface area contributed by atoms with E-state index in [1.54, 1.807) is 48.5 Å². The van der Waals surface area contributed by atoms with Crippen molar-refractivity contribution in [1.82, 2.24) is 4.98 Å². The zero-order valence-corrected chi connectivity index (χ0v) is 22.5. The van der Waals surface area contributed by atoms with Crippen LogP contribution in [0, 0.1) is 13.8 Å². The van der Waals surface area contributed by atoms with Gasteiger partial charge in [-0.25, -0.2) is 9.88 Å². The molecule has 2 N–H and O–H groups in total. The maximum Gasteiger partial charge on any atom is 0.283 e. The smallest absolute Gasteiger partial charge is 0.283 e. The predicted octanol–water partition coefficient (Wildman–Crippen LogP) is 6.77. The minimum absolute atomic E-state index is 0.0531. The Morgan fingerprint density at radius 3 is 2.45 bits per heavy atom. The third kappa shape index (κ3) is 4.93. The molecule has 3 aromatic carbocycles. The molecule has 1 aliphatic rings. The van der Waals surface area contributed by atoms with E-state index in [0.29, 0.717) is 27.1 Å². The van der Waals surface area contributed by atoms with Gasteiger partial charge in [0.2, 0.25) is 0 Å². The van der Waals surface area contributed by atoms with E-state index in [2.05, 4.69) is 15.6 Å². The van der Waals surface area contributed by atoms with Crippen molar-refractivity contribution in [3.8, 4) is 11.3 Å². The zero-order valence-electron chi connectivity index (χ0n) is 20.2. The maximum atomic E-state index is 13.2. The molecule has 5 rings (SSSR count). The van der Waals surface area contributed by atoms with Crippen LogP contribution < -0.4 is 15.5 Å². The van der Waals surface area contributed by atoms with E-state index < -0.39 is 11.8 Å². The molecule has 0 fully saturated rings. The molecular weight excluding hydrogens is 543 g/mol.